The molecule has 6 nitrogen and oxygen atoms in total. The third kappa shape index (κ3) is 3.08. The van der Waals surface area contributed by atoms with E-state index >= 15 is 0 Å². The van der Waals surface area contributed by atoms with Gasteiger partial charge in [-0.2, -0.15) is 0 Å². The lowest BCUT2D eigenvalue weighted by atomic mass is 9.96. The summed E-state index contributed by atoms with van der Waals surface area (Å²) in [4.78, 5) is 13.8. The Morgan fingerprint density at radius 1 is 1.40 bits per heavy atom. The minimum Gasteiger partial charge on any atom is -0.345 e. The van der Waals surface area contributed by atoms with Crippen molar-refractivity contribution in [2.24, 2.45) is 5.92 Å². The van der Waals surface area contributed by atoms with Crippen molar-refractivity contribution in [1.29, 1.82) is 0 Å². The summed E-state index contributed by atoms with van der Waals surface area (Å²) >= 11 is 1.51. The molecule has 1 aliphatic heterocycles. The number of likely N-dealkylation sites (tertiary alicyclic amines) is 1. The molecule has 0 aromatic carbocycles. The van der Waals surface area contributed by atoms with Gasteiger partial charge in [-0.25, -0.2) is 4.68 Å². The summed E-state index contributed by atoms with van der Waals surface area (Å²) in [6, 6.07) is 0. The number of carbonyl (C=O) groups excluding carboxylic acids is 1. The summed E-state index contributed by atoms with van der Waals surface area (Å²) in [5.41, 5.74) is -0.137. The maximum Gasteiger partial charge on any atom is 0.226 e. The fourth-order valence-electron chi connectivity index (χ4n) is 2.34. The molecule has 1 atom stereocenters. The third-order valence-electron chi connectivity index (χ3n) is 3.52. The molecule has 0 bridgehead atoms. The molecule has 1 saturated heterocycles. The number of carbonyl (C=O) groups is 1. The fraction of sp³-hybridized carbons (Fsp3) is 0.769. The average molecular weight is 297 g/mol. The molecule has 0 aliphatic carbocycles. The van der Waals surface area contributed by atoms with E-state index in [4.69, 9.17) is 5.84 Å². The molecule has 20 heavy (non-hydrogen) atoms. The van der Waals surface area contributed by atoms with Gasteiger partial charge in [-0.05, 0) is 12.8 Å². The Morgan fingerprint density at radius 2 is 2.10 bits per heavy atom. The van der Waals surface area contributed by atoms with E-state index in [1.807, 2.05) is 11.9 Å². The number of hydrogen-bond acceptors (Lipinski definition) is 5. The predicted octanol–water partition coefficient (Wildman–Crippen LogP) is 1.25. The van der Waals surface area contributed by atoms with E-state index in [-0.39, 0.29) is 17.2 Å². The van der Waals surface area contributed by atoms with Crippen molar-refractivity contribution in [2.75, 3.05) is 25.2 Å². The highest BCUT2D eigenvalue weighted by Crippen LogP contribution is 2.27. The molecule has 7 heteroatoms. The van der Waals surface area contributed by atoms with Crippen LogP contribution >= 0.6 is 11.8 Å². The highest BCUT2D eigenvalue weighted by molar-refractivity contribution is 7.99. The van der Waals surface area contributed by atoms with Gasteiger partial charge in [-0.15, -0.1) is 10.2 Å². The average Bonchev–Trinajstić information content (AvgIpc) is 2.72. The van der Waals surface area contributed by atoms with Crippen molar-refractivity contribution < 1.29 is 4.79 Å². The molecule has 112 valence electrons. The number of rotatable bonds is 3. The maximum absolute atomic E-state index is 12.0. The highest BCUT2D eigenvalue weighted by Gasteiger charge is 2.28. The van der Waals surface area contributed by atoms with Crippen molar-refractivity contribution in [3.8, 4) is 0 Å². The van der Waals surface area contributed by atoms with E-state index in [1.165, 1.54) is 11.8 Å². The van der Waals surface area contributed by atoms with Crippen LogP contribution in [0.15, 0.2) is 5.16 Å². The summed E-state index contributed by atoms with van der Waals surface area (Å²) in [5.74, 6) is 7.80. The molecule has 0 spiro atoms. The molecule has 1 aromatic heterocycles. The molecule has 0 radical (unpaired) electrons. The quantitative estimate of drug-likeness (QED) is 0.671. The molecule has 0 saturated carbocycles. The Balaban J connectivity index is 2.01. The minimum atomic E-state index is -0.137. The summed E-state index contributed by atoms with van der Waals surface area (Å²) in [5, 5.41) is 8.97. The number of nitrogens with two attached hydrogens (primary N) is 1. The second kappa shape index (κ2) is 5.63. The molecule has 1 fully saturated rings. The van der Waals surface area contributed by atoms with Crippen LogP contribution in [0.5, 0.6) is 0 Å². The van der Waals surface area contributed by atoms with Crippen LogP contribution in [-0.2, 0) is 10.2 Å². The first-order valence-electron chi connectivity index (χ1n) is 6.89. The zero-order valence-electron chi connectivity index (χ0n) is 12.6. The Bertz CT molecular complexity index is 493. The van der Waals surface area contributed by atoms with Crippen LogP contribution in [0.2, 0.25) is 0 Å². The smallest absolute Gasteiger partial charge is 0.226 e. The van der Waals surface area contributed by atoms with Crippen LogP contribution in [0.25, 0.3) is 0 Å². The van der Waals surface area contributed by atoms with Crippen molar-refractivity contribution >= 4 is 17.7 Å². The standard InChI is InChI=1S/C13H23N5OS/c1-13(2,3)11-15-16-12(18(11)14)20-8-9-6-5-7-17(4)10(9)19/h9H,5-8,14H2,1-4H3. The lowest BCUT2D eigenvalue weighted by molar-refractivity contribution is -0.135. The van der Waals surface area contributed by atoms with Crippen molar-refractivity contribution in [3.63, 3.8) is 0 Å². The van der Waals surface area contributed by atoms with Gasteiger partial charge in [0.05, 0.1) is 0 Å². The predicted molar refractivity (Wildman–Crippen MR) is 80.0 cm³/mol. The molecular formula is C13H23N5OS. The maximum atomic E-state index is 12.0. The summed E-state index contributed by atoms with van der Waals surface area (Å²) in [6.45, 7) is 7.01. The van der Waals surface area contributed by atoms with Crippen LogP contribution in [-0.4, -0.2) is 45.0 Å². The third-order valence-corrected chi connectivity index (χ3v) is 4.63. The summed E-state index contributed by atoms with van der Waals surface area (Å²) < 4.78 is 1.54. The molecule has 2 heterocycles. The van der Waals surface area contributed by atoms with Gasteiger partial charge in [-0.1, -0.05) is 32.5 Å². The molecule has 1 unspecified atom stereocenters. The second-order valence-corrected chi connectivity index (χ2v) is 7.32. The van der Waals surface area contributed by atoms with E-state index in [1.54, 1.807) is 4.68 Å². The van der Waals surface area contributed by atoms with Crippen molar-refractivity contribution in [3.05, 3.63) is 5.82 Å². The topological polar surface area (TPSA) is 77.0 Å². The molecule has 2 rings (SSSR count). The van der Waals surface area contributed by atoms with Gasteiger partial charge in [-0.3, -0.25) is 4.79 Å². The van der Waals surface area contributed by atoms with E-state index in [0.29, 0.717) is 10.9 Å². The van der Waals surface area contributed by atoms with Crippen molar-refractivity contribution in [1.82, 2.24) is 19.8 Å². The number of piperidine rings is 1. The Morgan fingerprint density at radius 3 is 2.70 bits per heavy atom. The van der Waals surface area contributed by atoms with Crippen LogP contribution in [0, 0.1) is 5.92 Å². The molecule has 2 N–H and O–H groups in total. The van der Waals surface area contributed by atoms with E-state index in [9.17, 15) is 4.79 Å². The van der Waals surface area contributed by atoms with E-state index < -0.39 is 0 Å². The zero-order valence-corrected chi connectivity index (χ0v) is 13.4. The minimum absolute atomic E-state index is 0.0635. The normalized spacial score (nSPS) is 20.5. The molecule has 1 amide bonds. The Hall–Kier alpha value is -1.24. The van der Waals surface area contributed by atoms with Gasteiger partial charge >= 0.3 is 0 Å². The number of amides is 1. The largest absolute Gasteiger partial charge is 0.345 e. The number of aromatic nitrogens is 3. The van der Waals surface area contributed by atoms with Crippen molar-refractivity contribution in [2.45, 2.75) is 44.2 Å². The first-order valence-corrected chi connectivity index (χ1v) is 7.88. The highest BCUT2D eigenvalue weighted by atomic mass is 32.2. The van der Waals surface area contributed by atoms with Gasteiger partial charge in [0.1, 0.15) is 0 Å². The Labute approximate surface area is 124 Å². The van der Waals surface area contributed by atoms with Crippen LogP contribution < -0.4 is 5.84 Å². The lowest BCUT2D eigenvalue weighted by Gasteiger charge is -2.28. The molecule has 1 aliphatic rings. The number of thioether (sulfide) groups is 1. The van der Waals surface area contributed by atoms with Crippen LogP contribution in [0.1, 0.15) is 39.4 Å². The van der Waals surface area contributed by atoms with Gasteiger partial charge in [0.2, 0.25) is 11.1 Å². The monoisotopic (exact) mass is 297 g/mol. The second-order valence-electron chi connectivity index (χ2n) is 6.34. The number of nitrogen functional groups attached to an aromatic ring is 1. The van der Waals surface area contributed by atoms with Gasteiger partial charge in [0, 0.05) is 30.7 Å². The first-order chi connectivity index (χ1) is 9.30. The van der Waals surface area contributed by atoms with Gasteiger partial charge in [0.15, 0.2) is 5.82 Å². The summed E-state index contributed by atoms with van der Waals surface area (Å²) in [6.07, 6.45) is 2.01. The SMILES string of the molecule is CN1CCCC(CSc2nnc(C(C)(C)C)n2N)C1=O. The number of hydrogen-bond donors (Lipinski definition) is 1. The van der Waals surface area contributed by atoms with Gasteiger partial charge < -0.3 is 10.7 Å². The van der Waals surface area contributed by atoms with E-state index in [2.05, 4.69) is 31.0 Å². The first kappa shape index (κ1) is 15.2. The summed E-state index contributed by atoms with van der Waals surface area (Å²) in [7, 11) is 1.86. The lowest BCUT2D eigenvalue weighted by Crippen LogP contribution is -2.39. The molecular weight excluding hydrogens is 274 g/mol. The fourth-order valence-corrected chi connectivity index (χ4v) is 3.32. The van der Waals surface area contributed by atoms with Gasteiger partial charge in [0.25, 0.3) is 0 Å². The number of nitrogens with zero attached hydrogens (tertiary/aromatic N) is 4. The zero-order chi connectivity index (χ0) is 14.9. The van der Waals surface area contributed by atoms with Crippen LogP contribution in [0.3, 0.4) is 0 Å². The molecule has 1 aromatic rings. The Kier molecular flexibility index (Phi) is 4.27. The van der Waals surface area contributed by atoms with Crippen LogP contribution in [0.4, 0.5) is 0 Å². The van der Waals surface area contributed by atoms with E-state index in [0.717, 1.165) is 25.2 Å².